The number of nitro benzene ring substituents is 1. The summed E-state index contributed by atoms with van der Waals surface area (Å²) in [4.78, 5) is 12.4. The van der Waals surface area contributed by atoms with Crippen molar-refractivity contribution in [1.29, 1.82) is 0 Å². The predicted molar refractivity (Wildman–Crippen MR) is 83.9 cm³/mol. The zero-order valence-electron chi connectivity index (χ0n) is 12.2. The fourth-order valence-corrected chi connectivity index (χ4v) is 2.36. The molecule has 0 unspecified atom stereocenters. The Kier molecular flexibility index (Phi) is 4.55. The monoisotopic (exact) mass is 285 g/mol. The molecule has 110 valence electrons. The van der Waals surface area contributed by atoms with Gasteiger partial charge < -0.3 is 5.73 Å². The molecule has 2 aromatic rings. The number of anilines is 1. The van der Waals surface area contributed by atoms with Crippen LogP contribution in [-0.4, -0.2) is 16.9 Å². The zero-order valence-corrected chi connectivity index (χ0v) is 12.2. The van der Waals surface area contributed by atoms with Gasteiger partial charge in [-0.3, -0.25) is 15.0 Å². The van der Waals surface area contributed by atoms with Gasteiger partial charge in [0.25, 0.3) is 5.69 Å². The van der Waals surface area contributed by atoms with Crippen LogP contribution in [0, 0.1) is 17.0 Å². The van der Waals surface area contributed by atoms with Crippen molar-refractivity contribution in [1.82, 2.24) is 4.90 Å². The van der Waals surface area contributed by atoms with Crippen molar-refractivity contribution < 1.29 is 4.92 Å². The number of rotatable bonds is 5. The minimum atomic E-state index is -0.463. The highest BCUT2D eigenvalue weighted by molar-refractivity contribution is 5.59. The molecular formula is C16H19N3O2. The van der Waals surface area contributed by atoms with E-state index in [9.17, 15) is 10.1 Å². The summed E-state index contributed by atoms with van der Waals surface area (Å²) >= 11 is 0. The maximum absolute atomic E-state index is 10.7. The summed E-state index contributed by atoms with van der Waals surface area (Å²) in [5.41, 5.74) is 9.32. The van der Waals surface area contributed by atoms with E-state index in [0.29, 0.717) is 6.54 Å². The fourth-order valence-electron chi connectivity index (χ4n) is 2.36. The van der Waals surface area contributed by atoms with E-state index >= 15 is 0 Å². The normalized spacial score (nSPS) is 10.8. The molecule has 5 nitrogen and oxygen atoms in total. The molecule has 0 saturated heterocycles. The van der Waals surface area contributed by atoms with E-state index in [2.05, 4.69) is 30.0 Å². The average molecular weight is 285 g/mol. The third-order valence-electron chi connectivity index (χ3n) is 3.28. The number of hydrogen-bond acceptors (Lipinski definition) is 4. The number of nitrogen functional groups attached to an aromatic ring is 1. The molecule has 0 atom stereocenters. The Hall–Kier alpha value is -2.40. The number of hydrogen-bond donors (Lipinski definition) is 1. The Morgan fingerprint density at radius 3 is 2.38 bits per heavy atom. The summed E-state index contributed by atoms with van der Waals surface area (Å²) in [6, 6.07) is 13.2. The molecule has 0 aliphatic rings. The van der Waals surface area contributed by atoms with Gasteiger partial charge in [-0.25, -0.2) is 0 Å². The standard InChI is InChI=1S/C16H19N3O2/c1-12-4-3-5-13(8-12)10-18(2)11-14-6-7-16(19(20)21)15(17)9-14/h3-9H,10-11,17H2,1-2H3. The van der Waals surface area contributed by atoms with Gasteiger partial charge in [-0.05, 0) is 31.2 Å². The number of nitrogens with zero attached hydrogens (tertiary/aromatic N) is 2. The highest BCUT2D eigenvalue weighted by Crippen LogP contribution is 2.22. The van der Waals surface area contributed by atoms with Crippen LogP contribution in [0.15, 0.2) is 42.5 Å². The van der Waals surface area contributed by atoms with Gasteiger partial charge in [0.15, 0.2) is 0 Å². The van der Waals surface area contributed by atoms with Crippen LogP contribution in [0.5, 0.6) is 0 Å². The van der Waals surface area contributed by atoms with Crippen molar-refractivity contribution in [3.63, 3.8) is 0 Å². The molecule has 2 N–H and O–H groups in total. The van der Waals surface area contributed by atoms with Crippen LogP contribution in [-0.2, 0) is 13.1 Å². The Bertz CT molecular complexity index is 656. The van der Waals surface area contributed by atoms with Crippen LogP contribution in [0.1, 0.15) is 16.7 Å². The van der Waals surface area contributed by atoms with Gasteiger partial charge in [0.2, 0.25) is 0 Å². The number of nitrogens with two attached hydrogens (primary N) is 1. The molecule has 2 rings (SSSR count). The first-order valence-corrected chi connectivity index (χ1v) is 6.72. The van der Waals surface area contributed by atoms with E-state index in [0.717, 1.165) is 12.1 Å². The second kappa shape index (κ2) is 6.37. The lowest BCUT2D eigenvalue weighted by atomic mass is 10.1. The number of nitro groups is 1. The minimum absolute atomic E-state index is 0.0416. The van der Waals surface area contributed by atoms with Gasteiger partial charge in [-0.15, -0.1) is 0 Å². The first-order chi connectivity index (χ1) is 9.95. The molecular weight excluding hydrogens is 266 g/mol. The summed E-state index contributed by atoms with van der Waals surface area (Å²) in [7, 11) is 2.01. The van der Waals surface area contributed by atoms with Crippen LogP contribution in [0.25, 0.3) is 0 Å². The van der Waals surface area contributed by atoms with E-state index in [-0.39, 0.29) is 11.4 Å². The summed E-state index contributed by atoms with van der Waals surface area (Å²) in [5, 5.41) is 10.7. The molecule has 0 aliphatic heterocycles. The summed E-state index contributed by atoms with van der Waals surface area (Å²) in [6.07, 6.45) is 0. The second-order valence-electron chi connectivity index (χ2n) is 5.31. The fraction of sp³-hybridized carbons (Fsp3) is 0.250. The summed E-state index contributed by atoms with van der Waals surface area (Å²) in [6.45, 7) is 3.58. The van der Waals surface area contributed by atoms with Crippen LogP contribution < -0.4 is 5.73 Å². The minimum Gasteiger partial charge on any atom is -0.393 e. The van der Waals surface area contributed by atoms with Crippen LogP contribution in [0.3, 0.4) is 0 Å². The molecule has 5 heteroatoms. The Balaban J connectivity index is 2.04. The molecule has 0 spiro atoms. The summed E-state index contributed by atoms with van der Waals surface area (Å²) in [5.74, 6) is 0. The van der Waals surface area contributed by atoms with E-state index in [4.69, 9.17) is 5.73 Å². The van der Waals surface area contributed by atoms with Crippen molar-refractivity contribution in [2.75, 3.05) is 12.8 Å². The van der Waals surface area contributed by atoms with Crippen molar-refractivity contribution in [3.05, 3.63) is 69.3 Å². The molecule has 0 radical (unpaired) electrons. The Labute approximate surface area is 124 Å². The van der Waals surface area contributed by atoms with Crippen LogP contribution >= 0.6 is 0 Å². The van der Waals surface area contributed by atoms with Crippen molar-refractivity contribution in [2.24, 2.45) is 0 Å². The summed E-state index contributed by atoms with van der Waals surface area (Å²) < 4.78 is 0. The number of aryl methyl sites for hydroxylation is 1. The van der Waals surface area contributed by atoms with Crippen LogP contribution in [0.2, 0.25) is 0 Å². The average Bonchev–Trinajstić information content (AvgIpc) is 2.38. The lowest BCUT2D eigenvalue weighted by Gasteiger charge is -2.17. The van der Waals surface area contributed by atoms with Gasteiger partial charge in [-0.2, -0.15) is 0 Å². The van der Waals surface area contributed by atoms with Gasteiger partial charge in [0.1, 0.15) is 5.69 Å². The molecule has 0 bridgehead atoms. The van der Waals surface area contributed by atoms with Crippen molar-refractivity contribution in [3.8, 4) is 0 Å². The molecule has 0 fully saturated rings. The van der Waals surface area contributed by atoms with Gasteiger partial charge in [0.05, 0.1) is 4.92 Å². The molecule has 0 saturated carbocycles. The van der Waals surface area contributed by atoms with E-state index < -0.39 is 4.92 Å². The van der Waals surface area contributed by atoms with Crippen LogP contribution in [0.4, 0.5) is 11.4 Å². The predicted octanol–water partition coefficient (Wildman–Crippen LogP) is 3.12. The smallest absolute Gasteiger partial charge is 0.292 e. The van der Waals surface area contributed by atoms with E-state index in [1.54, 1.807) is 12.1 Å². The quantitative estimate of drug-likeness (QED) is 0.520. The highest BCUT2D eigenvalue weighted by atomic mass is 16.6. The van der Waals surface area contributed by atoms with Gasteiger partial charge in [-0.1, -0.05) is 35.9 Å². The third kappa shape index (κ3) is 4.03. The van der Waals surface area contributed by atoms with Crippen molar-refractivity contribution >= 4 is 11.4 Å². The molecule has 2 aromatic carbocycles. The third-order valence-corrected chi connectivity index (χ3v) is 3.28. The first-order valence-electron chi connectivity index (χ1n) is 6.72. The molecule has 21 heavy (non-hydrogen) atoms. The largest absolute Gasteiger partial charge is 0.393 e. The Morgan fingerprint density at radius 1 is 1.14 bits per heavy atom. The van der Waals surface area contributed by atoms with E-state index in [1.807, 2.05) is 13.1 Å². The van der Waals surface area contributed by atoms with Gasteiger partial charge in [0, 0.05) is 19.2 Å². The highest BCUT2D eigenvalue weighted by Gasteiger charge is 2.12. The molecule has 0 aromatic heterocycles. The maximum atomic E-state index is 10.7. The SMILES string of the molecule is Cc1cccc(CN(C)Cc2ccc([N+](=O)[O-])c(N)c2)c1. The lowest BCUT2D eigenvalue weighted by molar-refractivity contribution is -0.383. The molecule has 0 heterocycles. The van der Waals surface area contributed by atoms with Crippen molar-refractivity contribution in [2.45, 2.75) is 20.0 Å². The first kappa shape index (κ1) is 15.0. The lowest BCUT2D eigenvalue weighted by Crippen LogP contribution is -2.17. The second-order valence-corrected chi connectivity index (χ2v) is 5.31. The molecule has 0 aliphatic carbocycles. The van der Waals surface area contributed by atoms with Gasteiger partial charge >= 0.3 is 0 Å². The topological polar surface area (TPSA) is 72.4 Å². The van der Waals surface area contributed by atoms with E-state index in [1.165, 1.54) is 17.2 Å². The zero-order chi connectivity index (χ0) is 15.4. The number of benzene rings is 2. The molecule has 0 amide bonds. The Morgan fingerprint density at radius 2 is 1.81 bits per heavy atom. The maximum Gasteiger partial charge on any atom is 0.292 e.